The zero-order valence-electron chi connectivity index (χ0n) is 20.0. The Hall–Kier alpha value is -3.12. The standard InChI is InChI=1S/C16H15Cl3O2.C12H11NO2/c1-20-13-7-3-11(4-8-13)15(16(17,18)19)12-5-9-14(21-2)10-6-12;1-13(12(14)15)11-8-4-6-9-5-2-3-7-10(9)11/h3-10,15H,1-2H3;2-8H,1H3,(H,14,15). The second-order valence-corrected chi connectivity index (χ2v) is 10.2. The monoisotopic (exact) mass is 545 g/mol. The third-order valence-electron chi connectivity index (χ3n) is 5.64. The van der Waals surface area contributed by atoms with Crippen LogP contribution in [0.15, 0.2) is 91.0 Å². The molecule has 0 heterocycles. The Morgan fingerprint density at radius 2 is 1.25 bits per heavy atom. The number of halogens is 3. The van der Waals surface area contributed by atoms with Gasteiger partial charge in [0.2, 0.25) is 3.79 Å². The Labute approximate surface area is 225 Å². The van der Waals surface area contributed by atoms with Crippen LogP contribution < -0.4 is 14.4 Å². The lowest BCUT2D eigenvalue weighted by molar-refractivity contribution is 0.203. The van der Waals surface area contributed by atoms with Gasteiger partial charge < -0.3 is 14.6 Å². The van der Waals surface area contributed by atoms with E-state index in [4.69, 9.17) is 49.4 Å². The number of ether oxygens (including phenoxy) is 2. The predicted octanol–water partition coefficient (Wildman–Crippen LogP) is 8.16. The minimum Gasteiger partial charge on any atom is -0.497 e. The molecule has 0 aromatic heterocycles. The highest BCUT2D eigenvalue weighted by Crippen LogP contribution is 2.46. The van der Waals surface area contributed by atoms with Gasteiger partial charge in [-0.25, -0.2) is 4.79 Å². The molecule has 8 heteroatoms. The van der Waals surface area contributed by atoms with Gasteiger partial charge in [0.25, 0.3) is 0 Å². The second-order valence-electron chi connectivity index (χ2n) is 7.86. The van der Waals surface area contributed by atoms with E-state index < -0.39 is 9.89 Å². The molecule has 36 heavy (non-hydrogen) atoms. The van der Waals surface area contributed by atoms with E-state index in [2.05, 4.69) is 0 Å². The van der Waals surface area contributed by atoms with E-state index in [0.29, 0.717) is 5.69 Å². The van der Waals surface area contributed by atoms with Crippen molar-refractivity contribution in [2.24, 2.45) is 0 Å². The first kappa shape index (κ1) is 27.5. The SMILES string of the molecule is CN(C(=O)O)c1cccc2ccccc12.COc1ccc(C(c2ccc(OC)cc2)C(Cl)(Cl)Cl)cc1. The summed E-state index contributed by atoms with van der Waals surface area (Å²) in [5.74, 6) is 1.15. The maximum atomic E-state index is 10.9. The van der Waals surface area contributed by atoms with E-state index >= 15 is 0 Å². The predicted molar refractivity (Wildman–Crippen MR) is 148 cm³/mol. The fraction of sp³-hybridized carbons (Fsp3) is 0.179. The summed E-state index contributed by atoms with van der Waals surface area (Å²) in [6.07, 6.45) is -0.952. The lowest BCUT2D eigenvalue weighted by atomic mass is 9.92. The number of alkyl halides is 3. The summed E-state index contributed by atoms with van der Waals surface area (Å²) in [5.41, 5.74) is 2.52. The third kappa shape index (κ3) is 6.76. The Bertz CT molecular complexity index is 1240. The summed E-state index contributed by atoms with van der Waals surface area (Å²) in [7, 11) is 4.78. The smallest absolute Gasteiger partial charge is 0.411 e. The van der Waals surface area contributed by atoms with Crippen LogP contribution in [0.2, 0.25) is 0 Å². The lowest BCUT2D eigenvalue weighted by Crippen LogP contribution is -2.23. The van der Waals surface area contributed by atoms with Crippen molar-refractivity contribution in [2.75, 3.05) is 26.2 Å². The summed E-state index contributed by atoms with van der Waals surface area (Å²) in [5, 5.41) is 10.9. The second kappa shape index (κ2) is 12.2. The Morgan fingerprint density at radius 1 is 0.778 bits per heavy atom. The van der Waals surface area contributed by atoms with Crippen LogP contribution in [0.3, 0.4) is 0 Å². The van der Waals surface area contributed by atoms with Gasteiger partial charge >= 0.3 is 6.09 Å². The minimum atomic E-state index is -1.46. The summed E-state index contributed by atoms with van der Waals surface area (Å²) < 4.78 is 8.85. The van der Waals surface area contributed by atoms with E-state index in [1.54, 1.807) is 27.3 Å². The first-order valence-corrected chi connectivity index (χ1v) is 12.1. The van der Waals surface area contributed by atoms with Gasteiger partial charge in [0.15, 0.2) is 0 Å². The molecule has 0 aliphatic carbocycles. The van der Waals surface area contributed by atoms with Crippen LogP contribution in [0, 0.1) is 0 Å². The van der Waals surface area contributed by atoms with Crippen LogP contribution in [-0.2, 0) is 0 Å². The largest absolute Gasteiger partial charge is 0.497 e. The van der Waals surface area contributed by atoms with E-state index in [1.165, 1.54) is 4.90 Å². The van der Waals surface area contributed by atoms with Crippen LogP contribution in [0.5, 0.6) is 11.5 Å². The molecule has 1 amide bonds. The van der Waals surface area contributed by atoms with E-state index in [-0.39, 0.29) is 5.92 Å². The molecular weight excluding hydrogens is 521 g/mol. The van der Waals surface area contributed by atoms with Gasteiger partial charge in [0.05, 0.1) is 25.8 Å². The number of nitrogens with zero attached hydrogens (tertiary/aromatic N) is 1. The number of amides is 1. The fourth-order valence-corrected chi connectivity index (χ4v) is 4.52. The van der Waals surface area contributed by atoms with Crippen LogP contribution in [0.4, 0.5) is 10.5 Å². The maximum absolute atomic E-state index is 10.9. The molecule has 5 nitrogen and oxygen atoms in total. The van der Waals surface area contributed by atoms with Gasteiger partial charge in [-0.05, 0) is 46.8 Å². The number of carbonyl (C=O) groups is 1. The third-order valence-corrected chi connectivity index (χ3v) is 6.30. The zero-order valence-corrected chi connectivity index (χ0v) is 22.3. The topological polar surface area (TPSA) is 59.0 Å². The van der Waals surface area contributed by atoms with Crippen LogP contribution >= 0.6 is 34.8 Å². The summed E-state index contributed by atoms with van der Waals surface area (Å²) in [6, 6.07) is 28.3. The highest BCUT2D eigenvalue weighted by Gasteiger charge is 2.35. The molecule has 0 spiro atoms. The first-order chi connectivity index (χ1) is 17.2. The summed E-state index contributed by atoms with van der Waals surface area (Å²) in [4.78, 5) is 12.1. The van der Waals surface area contributed by atoms with Crippen molar-refractivity contribution in [3.8, 4) is 11.5 Å². The van der Waals surface area contributed by atoms with Gasteiger partial charge in [-0.1, -0.05) is 95.5 Å². The Morgan fingerprint density at radius 3 is 1.69 bits per heavy atom. The fourth-order valence-electron chi connectivity index (χ4n) is 3.77. The number of anilines is 1. The quantitative estimate of drug-likeness (QED) is 0.257. The van der Waals surface area contributed by atoms with Gasteiger partial charge in [-0.15, -0.1) is 0 Å². The number of benzene rings is 4. The van der Waals surface area contributed by atoms with E-state index in [1.807, 2.05) is 84.9 Å². The van der Waals surface area contributed by atoms with Gasteiger partial charge in [-0.3, -0.25) is 4.90 Å². The van der Waals surface area contributed by atoms with Gasteiger partial charge in [0, 0.05) is 12.4 Å². The lowest BCUT2D eigenvalue weighted by Gasteiger charge is -2.25. The molecule has 0 unspecified atom stereocenters. The van der Waals surface area contributed by atoms with Crippen molar-refractivity contribution < 1.29 is 19.4 Å². The number of methoxy groups -OCH3 is 2. The number of carboxylic acid groups (broad SMARTS) is 1. The molecule has 0 fully saturated rings. The highest BCUT2D eigenvalue weighted by atomic mass is 35.6. The molecule has 0 radical (unpaired) electrons. The maximum Gasteiger partial charge on any atom is 0.411 e. The first-order valence-electron chi connectivity index (χ1n) is 10.9. The molecule has 0 saturated heterocycles. The molecule has 0 bridgehead atoms. The van der Waals surface area contributed by atoms with Gasteiger partial charge in [-0.2, -0.15) is 0 Å². The molecule has 0 aliphatic heterocycles. The zero-order chi connectivity index (χ0) is 26.3. The summed E-state index contributed by atoms with van der Waals surface area (Å²) in [6.45, 7) is 0. The van der Waals surface area contributed by atoms with Crippen LogP contribution in [0.1, 0.15) is 17.0 Å². The van der Waals surface area contributed by atoms with E-state index in [0.717, 1.165) is 33.4 Å². The molecule has 1 N–H and O–H groups in total. The molecular formula is C28H26Cl3NO4. The molecule has 0 aliphatic rings. The number of rotatable bonds is 5. The Balaban J connectivity index is 0.000000212. The molecule has 4 aromatic rings. The van der Waals surface area contributed by atoms with Crippen LogP contribution in [0.25, 0.3) is 10.8 Å². The highest BCUT2D eigenvalue weighted by molar-refractivity contribution is 6.68. The summed E-state index contributed by atoms with van der Waals surface area (Å²) >= 11 is 18.6. The molecule has 0 atom stereocenters. The van der Waals surface area contributed by atoms with Crippen molar-refractivity contribution in [2.45, 2.75) is 9.71 Å². The van der Waals surface area contributed by atoms with E-state index in [9.17, 15) is 4.79 Å². The molecule has 4 aromatic carbocycles. The number of hydrogen-bond acceptors (Lipinski definition) is 3. The Kier molecular flexibility index (Phi) is 9.32. The van der Waals surface area contributed by atoms with Crippen molar-refractivity contribution in [1.82, 2.24) is 0 Å². The molecule has 4 rings (SSSR count). The van der Waals surface area contributed by atoms with Gasteiger partial charge in [0.1, 0.15) is 11.5 Å². The van der Waals surface area contributed by atoms with Crippen molar-refractivity contribution >= 4 is 57.4 Å². The molecule has 188 valence electrons. The average Bonchev–Trinajstić information content (AvgIpc) is 2.88. The van der Waals surface area contributed by atoms with Crippen molar-refractivity contribution in [3.63, 3.8) is 0 Å². The molecule has 0 saturated carbocycles. The normalized spacial score (nSPS) is 11.0. The average molecular weight is 547 g/mol. The number of hydrogen-bond donors (Lipinski definition) is 1. The van der Waals surface area contributed by atoms with Crippen LogP contribution in [-0.4, -0.2) is 36.3 Å². The minimum absolute atomic E-state index is 0.376. The van der Waals surface area contributed by atoms with Crippen molar-refractivity contribution in [1.29, 1.82) is 0 Å². The van der Waals surface area contributed by atoms with Crippen molar-refractivity contribution in [3.05, 3.63) is 102 Å². The number of fused-ring (bicyclic) bond motifs is 1.